The molecule has 0 aliphatic rings. The van der Waals surface area contributed by atoms with Crippen LogP contribution in [0.3, 0.4) is 0 Å². The monoisotopic (exact) mass is 273 g/mol. The van der Waals surface area contributed by atoms with Crippen LogP contribution in [0.15, 0.2) is 24.3 Å². The minimum Gasteiger partial charge on any atom is -0.497 e. The fourth-order valence-electron chi connectivity index (χ4n) is 2.40. The Morgan fingerprint density at radius 3 is 2.75 bits per heavy atom. The second-order valence-electron chi connectivity index (χ2n) is 5.31. The number of rotatable bonds is 5. The number of aromatic nitrogens is 2. The molecule has 4 heteroatoms. The summed E-state index contributed by atoms with van der Waals surface area (Å²) >= 11 is 0. The Hall–Kier alpha value is -1.81. The number of methoxy groups -OCH3 is 1. The van der Waals surface area contributed by atoms with Gasteiger partial charge in [-0.1, -0.05) is 13.0 Å². The highest BCUT2D eigenvalue weighted by Gasteiger charge is 2.15. The molecule has 0 bridgehead atoms. The predicted molar refractivity (Wildman–Crippen MR) is 81.5 cm³/mol. The van der Waals surface area contributed by atoms with Gasteiger partial charge >= 0.3 is 0 Å². The molecular weight excluding hydrogens is 250 g/mol. The maximum absolute atomic E-state index is 5.73. The average Bonchev–Trinajstić information content (AvgIpc) is 2.75. The van der Waals surface area contributed by atoms with E-state index in [9.17, 15) is 0 Å². The van der Waals surface area contributed by atoms with Crippen LogP contribution in [-0.4, -0.2) is 23.4 Å². The van der Waals surface area contributed by atoms with E-state index in [1.165, 1.54) is 11.3 Å². The van der Waals surface area contributed by atoms with Crippen LogP contribution in [0.5, 0.6) is 5.75 Å². The van der Waals surface area contributed by atoms with Crippen LogP contribution in [0.1, 0.15) is 23.9 Å². The molecule has 0 saturated heterocycles. The molecule has 4 nitrogen and oxygen atoms in total. The molecule has 1 aromatic heterocycles. The van der Waals surface area contributed by atoms with Crippen LogP contribution in [0.2, 0.25) is 0 Å². The van der Waals surface area contributed by atoms with Crippen molar-refractivity contribution in [1.29, 1.82) is 0 Å². The van der Waals surface area contributed by atoms with Crippen molar-refractivity contribution in [3.05, 3.63) is 41.2 Å². The number of nitrogens with two attached hydrogens (primary N) is 1. The standard InChI is InChI=1S/C16H23N3O/c1-11(10-17)8-16-12(2)18-19(13(16)3)14-6-5-7-15(9-14)20-4/h5-7,9,11H,8,10,17H2,1-4H3. The zero-order chi connectivity index (χ0) is 14.7. The Morgan fingerprint density at radius 2 is 2.10 bits per heavy atom. The van der Waals surface area contributed by atoms with Gasteiger partial charge in [-0.25, -0.2) is 4.68 Å². The zero-order valence-electron chi connectivity index (χ0n) is 12.7. The van der Waals surface area contributed by atoms with Gasteiger partial charge in [-0.2, -0.15) is 5.10 Å². The molecule has 2 aromatic rings. The largest absolute Gasteiger partial charge is 0.497 e. The lowest BCUT2D eigenvalue weighted by atomic mass is 10.00. The fourth-order valence-corrected chi connectivity index (χ4v) is 2.40. The summed E-state index contributed by atoms with van der Waals surface area (Å²) in [6.45, 7) is 7.03. The minimum absolute atomic E-state index is 0.468. The van der Waals surface area contributed by atoms with Gasteiger partial charge in [-0.3, -0.25) is 0 Å². The van der Waals surface area contributed by atoms with Crippen LogP contribution in [-0.2, 0) is 6.42 Å². The maximum atomic E-state index is 5.73. The van der Waals surface area contributed by atoms with Crippen molar-refractivity contribution >= 4 is 0 Å². The minimum atomic E-state index is 0.468. The third kappa shape index (κ3) is 2.85. The molecule has 2 rings (SSSR count). The van der Waals surface area contributed by atoms with Crippen LogP contribution in [0.25, 0.3) is 5.69 Å². The molecule has 2 N–H and O–H groups in total. The summed E-state index contributed by atoms with van der Waals surface area (Å²) in [4.78, 5) is 0. The molecule has 0 fully saturated rings. The third-order valence-corrected chi connectivity index (χ3v) is 3.69. The van der Waals surface area contributed by atoms with Crippen molar-refractivity contribution in [2.75, 3.05) is 13.7 Å². The molecule has 1 atom stereocenters. The molecule has 0 amide bonds. The number of nitrogens with zero attached hydrogens (tertiary/aromatic N) is 2. The van der Waals surface area contributed by atoms with Gasteiger partial charge in [-0.15, -0.1) is 0 Å². The molecule has 108 valence electrons. The number of benzene rings is 1. The third-order valence-electron chi connectivity index (χ3n) is 3.69. The van der Waals surface area contributed by atoms with Crippen LogP contribution in [0.4, 0.5) is 0 Å². The maximum Gasteiger partial charge on any atom is 0.121 e. The number of hydrogen-bond donors (Lipinski definition) is 1. The first-order valence-corrected chi connectivity index (χ1v) is 6.96. The van der Waals surface area contributed by atoms with E-state index in [1.54, 1.807) is 7.11 Å². The highest BCUT2D eigenvalue weighted by Crippen LogP contribution is 2.22. The molecule has 1 aromatic carbocycles. The van der Waals surface area contributed by atoms with Crippen molar-refractivity contribution in [1.82, 2.24) is 9.78 Å². The molecule has 0 spiro atoms. The quantitative estimate of drug-likeness (QED) is 0.911. The van der Waals surface area contributed by atoms with Crippen LogP contribution >= 0.6 is 0 Å². The Labute approximate surface area is 120 Å². The number of aryl methyl sites for hydroxylation is 1. The normalized spacial score (nSPS) is 12.4. The lowest BCUT2D eigenvalue weighted by Crippen LogP contribution is -2.14. The SMILES string of the molecule is COc1cccc(-n2nc(C)c(CC(C)CN)c2C)c1. The second kappa shape index (κ2) is 6.09. The molecule has 20 heavy (non-hydrogen) atoms. The first kappa shape index (κ1) is 14.6. The fraction of sp³-hybridized carbons (Fsp3) is 0.438. The van der Waals surface area contributed by atoms with Gasteiger partial charge in [0.05, 0.1) is 18.5 Å². The van der Waals surface area contributed by atoms with E-state index in [-0.39, 0.29) is 0 Å². The van der Waals surface area contributed by atoms with Crippen molar-refractivity contribution < 1.29 is 4.74 Å². The molecule has 1 unspecified atom stereocenters. The van der Waals surface area contributed by atoms with Crippen LogP contribution in [0, 0.1) is 19.8 Å². The molecule has 0 radical (unpaired) electrons. The smallest absolute Gasteiger partial charge is 0.121 e. The van der Waals surface area contributed by atoms with Gasteiger partial charge in [0, 0.05) is 11.8 Å². The molecule has 0 aliphatic heterocycles. The topological polar surface area (TPSA) is 53.1 Å². The van der Waals surface area contributed by atoms with E-state index < -0.39 is 0 Å². The van der Waals surface area contributed by atoms with E-state index in [4.69, 9.17) is 10.5 Å². The number of ether oxygens (including phenoxy) is 1. The molecule has 0 saturated carbocycles. The van der Waals surface area contributed by atoms with E-state index in [0.717, 1.165) is 23.6 Å². The summed E-state index contributed by atoms with van der Waals surface area (Å²) in [7, 11) is 1.68. The van der Waals surface area contributed by atoms with Gasteiger partial charge in [0.25, 0.3) is 0 Å². The summed E-state index contributed by atoms with van der Waals surface area (Å²) < 4.78 is 7.26. The zero-order valence-corrected chi connectivity index (χ0v) is 12.7. The van der Waals surface area contributed by atoms with Crippen molar-refractivity contribution in [2.24, 2.45) is 11.7 Å². The van der Waals surface area contributed by atoms with Gasteiger partial charge in [0.2, 0.25) is 0 Å². The first-order valence-electron chi connectivity index (χ1n) is 6.96. The Morgan fingerprint density at radius 1 is 1.35 bits per heavy atom. The lowest BCUT2D eigenvalue weighted by Gasteiger charge is -2.10. The second-order valence-corrected chi connectivity index (χ2v) is 5.31. The Kier molecular flexibility index (Phi) is 4.45. The Bertz CT molecular complexity index is 589. The van der Waals surface area contributed by atoms with E-state index >= 15 is 0 Å². The Balaban J connectivity index is 2.40. The van der Waals surface area contributed by atoms with E-state index in [2.05, 4.69) is 25.9 Å². The molecular formula is C16H23N3O. The van der Waals surface area contributed by atoms with Crippen molar-refractivity contribution in [2.45, 2.75) is 27.2 Å². The highest BCUT2D eigenvalue weighted by molar-refractivity contribution is 5.42. The summed E-state index contributed by atoms with van der Waals surface area (Å²) in [5, 5.41) is 4.66. The van der Waals surface area contributed by atoms with E-state index in [1.807, 2.05) is 28.9 Å². The van der Waals surface area contributed by atoms with E-state index in [0.29, 0.717) is 12.5 Å². The number of hydrogen-bond acceptors (Lipinski definition) is 3. The lowest BCUT2D eigenvalue weighted by molar-refractivity contribution is 0.414. The molecule has 1 heterocycles. The van der Waals surface area contributed by atoms with Crippen LogP contribution < -0.4 is 10.5 Å². The van der Waals surface area contributed by atoms with Gasteiger partial charge in [0.1, 0.15) is 5.75 Å². The van der Waals surface area contributed by atoms with Gasteiger partial charge < -0.3 is 10.5 Å². The summed E-state index contributed by atoms with van der Waals surface area (Å²) in [5.41, 5.74) is 10.3. The molecule has 0 aliphatic carbocycles. The average molecular weight is 273 g/mol. The van der Waals surface area contributed by atoms with Crippen molar-refractivity contribution in [3.63, 3.8) is 0 Å². The van der Waals surface area contributed by atoms with Gasteiger partial charge in [0.15, 0.2) is 0 Å². The van der Waals surface area contributed by atoms with Crippen molar-refractivity contribution in [3.8, 4) is 11.4 Å². The highest BCUT2D eigenvalue weighted by atomic mass is 16.5. The summed E-state index contributed by atoms with van der Waals surface area (Å²) in [6, 6.07) is 7.95. The summed E-state index contributed by atoms with van der Waals surface area (Å²) in [6.07, 6.45) is 0.970. The van der Waals surface area contributed by atoms with Gasteiger partial charge in [-0.05, 0) is 50.4 Å². The predicted octanol–water partition coefficient (Wildman–Crippen LogP) is 2.64. The first-order chi connectivity index (χ1) is 9.56. The summed E-state index contributed by atoms with van der Waals surface area (Å²) in [5.74, 6) is 1.31.